The van der Waals surface area contributed by atoms with Crippen LogP contribution >= 0.6 is 24.8 Å². The molecule has 0 atom stereocenters. The number of anilines is 1. The molecule has 7 heteroatoms. The number of hydrogen-bond donors (Lipinski definition) is 2. The minimum absolute atomic E-state index is 0. The van der Waals surface area contributed by atoms with Gasteiger partial charge in [-0.1, -0.05) is 13.8 Å². The van der Waals surface area contributed by atoms with E-state index in [1.54, 1.807) is 7.11 Å². The van der Waals surface area contributed by atoms with Gasteiger partial charge in [-0.05, 0) is 80.7 Å². The van der Waals surface area contributed by atoms with Crippen LogP contribution < -0.4 is 10.1 Å². The molecule has 0 aliphatic rings. The van der Waals surface area contributed by atoms with Gasteiger partial charge in [0.15, 0.2) is 0 Å². The molecule has 32 heavy (non-hydrogen) atoms. The van der Waals surface area contributed by atoms with Gasteiger partial charge in [-0.3, -0.25) is 0 Å². The zero-order valence-corrected chi connectivity index (χ0v) is 21.2. The summed E-state index contributed by atoms with van der Waals surface area (Å²) in [6.07, 6.45) is 3.02. The van der Waals surface area contributed by atoms with Crippen LogP contribution in [0.3, 0.4) is 0 Å². The van der Waals surface area contributed by atoms with Crippen molar-refractivity contribution in [3.63, 3.8) is 0 Å². The number of rotatable bonds is 8. The third-order valence-corrected chi connectivity index (χ3v) is 6.32. The van der Waals surface area contributed by atoms with Crippen molar-refractivity contribution in [3.05, 3.63) is 41.6 Å². The average molecular weight is 477 g/mol. The summed E-state index contributed by atoms with van der Waals surface area (Å²) in [5.41, 5.74) is 4.84. The van der Waals surface area contributed by atoms with Crippen molar-refractivity contribution in [2.75, 3.05) is 38.6 Å². The molecule has 0 saturated carbocycles. The minimum atomic E-state index is 0. The Morgan fingerprint density at radius 2 is 1.75 bits per heavy atom. The second-order valence-corrected chi connectivity index (χ2v) is 7.93. The number of H-pyrrole nitrogens is 1. The molecule has 0 fully saturated rings. The van der Waals surface area contributed by atoms with E-state index in [1.807, 2.05) is 12.3 Å². The van der Waals surface area contributed by atoms with E-state index in [4.69, 9.17) is 9.72 Å². The summed E-state index contributed by atoms with van der Waals surface area (Å²) in [4.78, 5) is 10.8. The molecule has 0 bridgehead atoms. The maximum Gasteiger partial charge on any atom is 0.134 e. The van der Waals surface area contributed by atoms with Crippen molar-refractivity contribution in [2.45, 2.75) is 34.1 Å². The summed E-state index contributed by atoms with van der Waals surface area (Å²) < 4.78 is 5.48. The molecule has 0 unspecified atom stereocenters. The molecule has 2 heterocycles. The number of aromatic amines is 1. The summed E-state index contributed by atoms with van der Waals surface area (Å²) in [6, 6.07) is 8.36. The Labute approximate surface area is 202 Å². The third-order valence-electron chi connectivity index (χ3n) is 6.32. The Kier molecular flexibility index (Phi) is 9.02. The van der Waals surface area contributed by atoms with E-state index in [0.717, 1.165) is 49.7 Å². The Hall–Kier alpha value is -2.21. The Balaban J connectivity index is 0.00000181. The lowest BCUT2D eigenvalue weighted by atomic mass is 9.96. The summed E-state index contributed by atoms with van der Waals surface area (Å²) in [6.45, 7) is 13.1. The van der Waals surface area contributed by atoms with E-state index < -0.39 is 0 Å². The van der Waals surface area contributed by atoms with Crippen LogP contribution in [-0.4, -0.2) is 48.2 Å². The number of benzene rings is 2. The second-order valence-electron chi connectivity index (χ2n) is 7.93. The molecular weight excluding hydrogens is 443 g/mol. The lowest BCUT2D eigenvalue weighted by Gasteiger charge is -2.18. The molecule has 174 valence electrons. The normalized spacial score (nSPS) is 11.1. The van der Waals surface area contributed by atoms with Gasteiger partial charge in [0.2, 0.25) is 0 Å². The van der Waals surface area contributed by atoms with Crippen LogP contribution in [0.5, 0.6) is 5.75 Å². The van der Waals surface area contributed by atoms with Crippen LogP contribution in [0.4, 0.5) is 5.82 Å². The lowest BCUT2D eigenvalue weighted by Crippen LogP contribution is -2.25. The number of ether oxygens (including phenoxy) is 1. The average Bonchev–Trinajstić information content (AvgIpc) is 3.16. The van der Waals surface area contributed by atoms with Crippen molar-refractivity contribution in [1.29, 1.82) is 0 Å². The Morgan fingerprint density at radius 1 is 1.00 bits per heavy atom. The van der Waals surface area contributed by atoms with E-state index in [2.05, 4.69) is 61.1 Å². The van der Waals surface area contributed by atoms with Crippen LogP contribution in [0.25, 0.3) is 32.6 Å². The highest BCUT2D eigenvalue weighted by Crippen LogP contribution is 2.39. The predicted molar refractivity (Wildman–Crippen MR) is 143 cm³/mol. The quantitative estimate of drug-likeness (QED) is 0.285. The fourth-order valence-corrected chi connectivity index (χ4v) is 4.57. The first-order chi connectivity index (χ1) is 14.6. The second kappa shape index (κ2) is 11.1. The number of nitrogens with one attached hydrogen (secondary N) is 2. The van der Waals surface area contributed by atoms with Crippen molar-refractivity contribution >= 4 is 63.2 Å². The molecule has 4 aromatic rings. The van der Waals surface area contributed by atoms with E-state index in [-0.39, 0.29) is 24.8 Å². The Bertz CT molecular complexity index is 1200. The molecule has 2 aromatic carbocycles. The lowest BCUT2D eigenvalue weighted by molar-refractivity contribution is 0.303. The third kappa shape index (κ3) is 4.61. The highest BCUT2D eigenvalue weighted by atomic mass is 35.5. The van der Waals surface area contributed by atoms with Crippen molar-refractivity contribution in [3.8, 4) is 5.75 Å². The molecule has 4 rings (SSSR count). The van der Waals surface area contributed by atoms with Crippen LogP contribution in [0.15, 0.2) is 30.5 Å². The van der Waals surface area contributed by atoms with Crippen LogP contribution in [0.1, 0.15) is 31.4 Å². The number of nitrogens with zero attached hydrogens (tertiary/aromatic N) is 2. The van der Waals surface area contributed by atoms with Crippen molar-refractivity contribution in [2.24, 2.45) is 0 Å². The number of methoxy groups -OCH3 is 1. The highest BCUT2D eigenvalue weighted by molar-refractivity contribution is 6.18. The number of aryl methyl sites for hydroxylation is 2. The maximum atomic E-state index is 5.48. The first-order valence-corrected chi connectivity index (χ1v) is 10.9. The monoisotopic (exact) mass is 476 g/mol. The topological polar surface area (TPSA) is 53.2 Å². The first-order valence-electron chi connectivity index (χ1n) is 10.9. The maximum absolute atomic E-state index is 5.48. The van der Waals surface area contributed by atoms with Crippen molar-refractivity contribution in [1.82, 2.24) is 14.9 Å². The zero-order valence-electron chi connectivity index (χ0n) is 19.5. The SMILES string of the molecule is CCN(CC)CCCNc1nccc2c(C)c3[nH]c4ccc(OC)cc4c3c(C)c12.Cl.Cl. The molecule has 5 nitrogen and oxygen atoms in total. The van der Waals surface area contributed by atoms with Gasteiger partial charge < -0.3 is 19.9 Å². The molecule has 0 aliphatic heterocycles. The summed E-state index contributed by atoms with van der Waals surface area (Å²) in [5.74, 6) is 1.85. The van der Waals surface area contributed by atoms with Gasteiger partial charge in [-0.15, -0.1) is 24.8 Å². The van der Waals surface area contributed by atoms with E-state index >= 15 is 0 Å². The molecule has 0 saturated heterocycles. The predicted octanol–water partition coefficient (Wildman–Crippen LogP) is 6.48. The Morgan fingerprint density at radius 3 is 2.44 bits per heavy atom. The van der Waals surface area contributed by atoms with Gasteiger partial charge in [0.05, 0.1) is 12.6 Å². The number of fused-ring (bicyclic) bond motifs is 4. The summed E-state index contributed by atoms with van der Waals surface area (Å²) in [5, 5.41) is 8.54. The van der Waals surface area contributed by atoms with Gasteiger partial charge in [0.1, 0.15) is 11.6 Å². The number of halogens is 2. The van der Waals surface area contributed by atoms with Crippen LogP contribution in [0.2, 0.25) is 0 Å². The van der Waals surface area contributed by atoms with Crippen LogP contribution in [0, 0.1) is 13.8 Å². The molecule has 2 aromatic heterocycles. The fourth-order valence-electron chi connectivity index (χ4n) is 4.57. The van der Waals surface area contributed by atoms with Gasteiger partial charge in [0, 0.05) is 34.4 Å². The molecule has 0 radical (unpaired) electrons. The molecule has 0 aliphatic carbocycles. The highest BCUT2D eigenvalue weighted by Gasteiger charge is 2.17. The molecule has 0 amide bonds. The molecule has 2 N–H and O–H groups in total. The number of hydrogen-bond acceptors (Lipinski definition) is 4. The van der Waals surface area contributed by atoms with Crippen molar-refractivity contribution < 1.29 is 4.74 Å². The standard InChI is InChI=1S/C25H32N4O.2ClH/c1-6-29(7-2)14-8-12-26-25-23-17(4)22-20-15-18(30-5)9-10-21(20)28-24(22)16(3)19(23)11-13-27-25;;/h9-11,13,15,28H,6-8,12,14H2,1-5H3,(H,26,27);2*1H. The summed E-state index contributed by atoms with van der Waals surface area (Å²) >= 11 is 0. The molecular formula is C25H34Cl2N4O. The summed E-state index contributed by atoms with van der Waals surface area (Å²) in [7, 11) is 1.72. The van der Waals surface area contributed by atoms with Gasteiger partial charge in [-0.25, -0.2) is 4.98 Å². The molecule has 0 spiro atoms. The van der Waals surface area contributed by atoms with E-state index in [0.29, 0.717) is 0 Å². The van der Waals surface area contributed by atoms with E-state index in [9.17, 15) is 0 Å². The van der Waals surface area contributed by atoms with Gasteiger partial charge in [-0.2, -0.15) is 0 Å². The smallest absolute Gasteiger partial charge is 0.134 e. The minimum Gasteiger partial charge on any atom is -0.497 e. The first kappa shape index (κ1) is 26.0. The largest absolute Gasteiger partial charge is 0.497 e. The van der Waals surface area contributed by atoms with Gasteiger partial charge >= 0.3 is 0 Å². The van der Waals surface area contributed by atoms with E-state index in [1.165, 1.54) is 38.2 Å². The number of aromatic nitrogens is 2. The van der Waals surface area contributed by atoms with Gasteiger partial charge in [0.25, 0.3) is 0 Å². The zero-order chi connectivity index (χ0) is 21.3. The number of pyridine rings is 1. The van der Waals surface area contributed by atoms with Crippen LogP contribution in [-0.2, 0) is 0 Å². The fraction of sp³-hybridized carbons (Fsp3) is 0.400.